The van der Waals surface area contributed by atoms with Crippen LogP contribution in [-0.4, -0.2) is 53.5 Å². The van der Waals surface area contributed by atoms with E-state index < -0.39 is 6.10 Å². The van der Waals surface area contributed by atoms with Crippen LogP contribution in [-0.2, 0) is 11.2 Å². The molecule has 3 rings (SSSR count). The average molecular weight is 324 g/mol. The molecule has 0 aromatic heterocycles. The predicted molar refractivity (Wildman–Crippen MR) is 94.6 cm³/mol. The number of nitrogens with zero attached hydrogens (tertiary/aromatic N) is 2. The fourth-order valence-corrected chi connectivity index (χ4v) is 3.09. The van der Waals surface area contributed by atoms with Crippen LogP contribution >= 0.6 is 0 Å². The number of aliphatic hydroxyl groups excluding tert-OH is 1. The van der Waals surface area contributed by atoms with Gasteiger partial charge in [0, 0.05) is 32.7 Å². The zero-order chi connectivity index (χ0) is 16.8. The Bertz CT molecular complexity index is 637. The maximum atomic E-state index is 12.4. The summed E-state index contributed by atoms with van der Waals surface area (Å²) < 4.78 is 0. The number of aliphatic hydroxyl groups is 1. The van der Waals surface area contributed by atoms with Gasteiger partial charge in [0.1, 0.15) is 0 Å². The molecule has 2 aromatic rings. The van der Waals surface area contributed by atoms with E-state index >= 15 is 0 Å². The van der Waals surface area contributed by atoms with E-state index in [9.17, 15) is 9.90 Å². The van der Waals surface area contributed by atoms with Gasteiger partial charge in [0.15, 0.2) is 0 Å². The Kier molecular flexibility index (Phi) is 5.62. The van der Waals surface area contributed by atoms with E-state index in [1.807, 2.05) is 65.6 Å². The molecule has 4 nitrogen and oxygen atoms in total. The minimum absolute atomic E-state index is 0.185. The first-order chi connectivity index (χ1) is 11.7. The second kappa shape index (κ2) is 8.08. The molecular weight excluding hydrogens is 300 g/mol. The van der Waals surface area contributed by atoms with E-state index in [1.54, 1.807) is 0 Å². The molecule has 24 heavy (non-hydrogen) atoms. The summed E-state index contributed by atoms with van der Waals surface area (Å²) in [6, 6.07) is 19.6. The van der Waals surface area contributed by atoms with Crippen molar-refractivity contribution < 1.29 is 9.90 Å². The fraction of sp³-hybridized carbons (Fsp3) is 0.350. The van der Waals surface area contributed by atoms with Crippen molar-refractivity contribution in [3.05, 3.63) is 71.8 Å². The molecule has 2 aromatic carbocycles. The third-order valence-corrected chi connectivity index (χ3v) is 4.54. The molecule has 4 heteroatoms. The maximum Gasteiger partial charge on any atom is 0.227 e. The van der Waals surface area contributed by atoms with Gasteiger partial charge in [0.05, 0.1) is 12.5 Å². The van der Waals surface area contributed by atoms with Crippen molar-refractivity contribution in [1.29, 1.82) is 0 Å². The Morgan fingerprint density at radius 2 is 1.50 bits per heavy atom. The second-order valence-corrected chi connectivity index (χ2v) is 6.27. The lowest BCUT2D eigenvalue weighted by Crippen LogP contribution is -2.50. The number of carbonyl (C=O) groups excluding carboxylic acids is 1. The molecular formula is C20H24N2O2. The molecule has 0 radical (unpaired) electrons. The van der Waals surface area contributed by atoms with Gasteiger partial charge in [0.25, 0.3) is 0 Å². The summed E-state index contributed by atoms with van der Waals surface area (Å²) in [5, 5.41) is 10.3. The van der Waals surface area contributed by atoms with E-state index in [0.717, 1.165) is 37.3 Å². The minimum Gasteiger partial charge on any atom is -0.387 e. The lowest BCUT2D eigenvalue weighted by Gasteiger charge is -2.35. The third-order valence-electron chi connectivity index (χ3n) is 4.54. The van der Waals surface area contributed by atoms with E-state index in [4.69, 9.17) is 0 Å². The van der Waals surface area contributed by atoms with Gasteiger partial charge < -0.3 is 10.0 Å². The topological polar surface area (TPSA) is 43.8 Å². The zero-order valence-corrected chi connectivity index (χ0v) is 13.8. The first kappa shape index (κ1) is 16.7. The van der Waals surface area contributed by atoms with Gasteiger partial charge >= 0.3 is 0 Å². The number of amides is 1. The minimum atomic E-state index is -0.474. The standard InChI is InChI=1S/C20H24N2O2/c23-19(18-9-5-2-6-10-18)16-21-11-13-22(14-12-21)20(24)15-17-7-3-1-4-8-17/h1-10,19,23H,11-16H2/t19-/m1/s1. The molecule has 1 saturated heterocycles. The molecule has 0 aliphatic carbocycles. The number of carbonyl (C=O) groups is 1. The second-order valence-electron chi connectivity index (χ2n) is 6.27. The summed E-state index contributed by atoms with van der Waals surface area (Å²) in [6.07, 6.45) is -0.00853. The molecule has 0 unspecified atom stereocenters. The van der Waals surface area contributed by atoms with Gasteiger partial charge in [-0.05, 0) is 11.1 Å². The highest BCUT2D eigenvalue weighted by Crippen LogP contribution is 2.15. The Hall–Kier alpha value is -2.17. The highest BCUT2D eigenvalue weighted by Gasteiger charge is 2.22. The average Bonchev–Trinajstić information content (AvgIpc) is 2.64. The van der Waals surface area contributed by atoms with Crippen molar-refractivity contribution >= 4 is 5.91 Å². The summed E-state index contributed by atoms with van der Waals surface area (Å²) in [5.74, 6) is 0.185. The summed E-state index contributed by atoms with van der Waals surface area (Å²) in [7, 11) is 0. The summed E-state index contributed by atoms with van der Waals surface area (Å²) in [4.78, 5) is 16.5. The van der Waals surface area contributed by atoms with Gasteiger partial charge in [0.2, 0.25) is 5.91 Å². The van der Waals surface area contributed by atoms with Crippen molar-refractivity contribution in [3.63, 3.8) is 0 Å². The molecule has 1 N–H and O–H groups in total. The Balaban J connectivity index is 1.46. The number of rotatable bonds is 5. The molecule has 0 saturated carbocycles. The van der Waals surface area contributed by atoms with Crippen LogP contribution in [0.25, 0.3) is 0 Å². The van der Waals surface area contributed by atoms with Crippen LogP contribution in [0.4, 0.5) is 0 Å². The largest absolute Gasteiger partial charge is 0.387 e. The number of piperazine rings is 1. The van der Waals surface area contributed by atoms with Crippen molar-refractivity contribution in [2.75, 3.05) is 32.7 Å². The molecule has 1 aliphatic heterocycles. The first-order valence-corrected chi connectivity index (χ1v) is 8.49. The van der Waals surface area contributed by atoms with E-state index in [1.165, 1.54) is 0 Å². The highest BCUT2D eigenvalue weighted by atomic mass is 16.3. The van der Waals surface area contributed by atoms with E-state index in [-0.39, 0.29) is 5.91 Å². The number of hydrogen-bond acceptors (Lipinski definition) is 3. The van der Waals surface area contributed by atoms with Crippen LogP contribution in [0, 0.1) is 0 Å². The molecule has 1 aliphatic rings. The van der Waals surface area contributed by atoms with Crippen LogP contribution in [0.3, 0.4) is 0 Å². The van der Waals surface area contributed by atoms with Crippen LogP contribution in [0.15, 0.2) is 60.7 Å². The quantitative estimate of drug-likeness (QED) is 0.916. The van der Waals surface area contributed by atoms with Crippen LogP contribution in [0.1, 0.15) is 17.2 Å². The van der Waals surface area contributed by atoms with Crippen LogP contribution < -0.4 is 0 Å². The number of hydrogen-bond donors (Lipinski definition) is 1. The highest BCUT2D eigenvalue weighted by molar-refractivity contribution is 5.78. The van der Waals surface area contributed by atoms with Crippen LogP contribution in [0.2, 0.25) is 0 Å². The zero-order valence-electron chi connectivity index (χ0n) is 13.8. The lowest BCUT2D eigenvalue weighted by atomic mass is 10.1. The normalized spacial score (nSPS) is 16.8. The van der Waals surface area contributed by atoms with Crippen LogP contribution in [0.5, 0.6) is 0 Å². The van der Waals surface area contributed by atoms with Gasteiger partial charge in [-0.2, -0.15) is 0 Å². The van der Waals surface area contributed by atoms with Gasteiger partial charge in [-0.15, -0.1) is 0 Å². The van der Waals surface area contributed by atoms with Crippen molar-refractivity contribution in [2.24, 2.45) is 0 Å². The van der Waals surface area contributed by atoms with Gasteiger partial charge in [-0.3, -0.25) is 9.69 Å². The molecule has 1 fully saturated rings. The molecule has 1 heterocycles. The Morgan fingerprint density at radius 1 is 0.917 bits per heavy atom. The summed E-state index contributed by atoms with van der Waals surface area (Å²) in [5.41, 5.74) is 2.00. The predicted octanol–water partition coefficient (Wildman–Crippen LogP) is 2.11. The fourth-order valence-electron chi connectivity index (χ4n) is 3.09. The molecule has 0 spiro atoms. The Labute approximate surface area is 143 Å². The molecule has 1 atom stereocenters. The number of benzene rings is 2. The van der Waals surface area contributed by atoms with E-state index in [2.05, 4.69) is 4.90 Å². The van der Waals surface area contributed by atoms with E-state index in [0.29, 0.717) is 13.0 Å². The summed E-state index contributed by atoms with van der Waals surface area (Å²) >= 11 is 0. The summed E-state index contributed by atoms with van der Waals surface area (Å²) in [6.45, 7) is 3.69. The maximum absolute atomic E-state index is 12.4. The van der Waals surface area contributed by atoms with Crippen molar-refractivity contribution in [3.8, 4) is 0 Å². The van der Waals surface area contributed by atoms with Crippen molar-refractivity contribution in [1.82, 2.24) is 9.80 Å². The third kappa shape index (κ3) is 4.43. The first-order valence-electron chi connectivity index (χ1n) is 8.49. The lowest BCUT2D eigenvalue weighted by molar-refractivity contribution is -0.132. The van der Waals surface area contributed by atoms with Gasteiger partial charge in [-0.25, -0.2) is 0 Å². The van der Waals surface area contributed by atoms with Gasteiger partial charge in [-0.1, -0.05) is 60.7 Å². The molecule has 1 amide bonds. The van der Waals surface area contributed by atoms with Crippen molar-refractivity contribution in [2.45, 2.75) is 12.5 Å². The molecule has 126 valence electrons. The smallest absolute Gasteiger partial charge is 0.227 e. The Morgan fingerprint density at radius 3 is 2.12 bits per heavy atom. The monoisotopic (exact) mass is 324 g/mol. The SMILES string of the molecule is O=C(Cc1ccccc1)N1CCN(C[C@@H](O)c2ccccc2)CC1. The number of β-amino-alcohol motifs (C(OH)–C–C–N with tert-alkyl or cyclic N) is 1. The molecule has 0 bridgehead atoms.